The molecule has 0 aromatic rings. The molecule has 0 aromatic heterocycles. The first kappa shape index (κ1) is 11.9. The number of carbonyl (C=O) groups excluding carboxylic acids is 1. The SMILES string of the molecule is COC(C)C(=O)NC(C)(C)C(=O)O. The Balaban J connectivity index is 4.28. The van der Waals surface area contributed by atoms with Crippen LogP contribution in [-0.4, -0.2) is 35.7 Å². The minimum atomic E-state index is -1.26. The van der Waals surface area contributed by atoms with Crippen LogP contribution in [0.25, 0.3) is 0 Å². The molecule has 1 atom stereocenters. The van der Waals surface area contributed by atoms with Crippen LogP contribution in [0.5, 0.6) is 0 Å². The van der Waals surface area contributed by atoms with Gasteiger partial charge in [-0.15, -0.1) is 0 Å². The molecule has 0 heterocycles. The van der Waals surface area contributed by atoms with Crippen LogP contribution in [0.4, 0.5) is 0 Å². The summed E-state index contributed by atoms with van der Waals surface area (Å²) in [6.07, 6.45) is -0.640. The second-order valence-corrected chi connectivity index (χ2v) is 3.30. The van der Waals surface area contributed by atoms with Crippen LogP contribution in [0.2, 0.25) is 0 Å². The molecule has 0 radical (unpaired) electrons. The fourth-order valence-electron chi connectivity index (χ4n) is 0.570. The van der Waals surface area contributed by atoms with Crippen LogP contribution in [0.15, 0.2) is 0 Å². The second kappa shape index (κ2) is 4.23. The Labute approximate surface area is 77.1 Å². The molecule has 13 heavy (non-hydrogen) atoms. The first-order valence-electron chi connectivity index (χ1n) is 3.89. The molecule has 2 N–H and O–H groups in total. The van der Waals surface area contributed by atoms with Gasteiger partial charge in [0.25, 0.3) is 0 Å². The first-order chi connectivity index (χ1) is 5.81. The standard InChI is InChI=1S/C8H15NO4/c1-5(13-4)6(10)9-8(2,3)7(11)12/h5H,1-4H3,(H,9,10)(H,11,12). The first-order valence-corrected chi connectivity index (χ1v) is 3.89. The monoisotopic (exact) mass is 189 g/mol. The van der Waals surface area contributed by atoms with E-state index >= 15 is 0 Å². The van der Waals surface area contributed by atoms with E-state index in [-0.39, 0.29) is 0 Å². The number of aliphatic carboxylic acids is 1. The van der Waals surface area contributed by atoms with Crippen LogP contribution in [0, 0.1) is 0 Å². The van der Waals surface area contributed by atoms with Gasteiger partial charge in [-0.2, -0.15) is 0 Å². The minimum absolute atomic E-state index is 0.435. The molecular formula is C8H15NO4. The highest BCUT2D eigenvalue weighted by Crippen LogP contribution is 2.02. The second-order valence-electron chi connectivity index (χ2n) is 3.30. The zero-order valence-corrected chi connectivity index (χ0v) is 8.25. The van der Waals surface area contributed by atoms with Gasteiger partial charge in [-0.05, 0) is 20.8 Å². The highest BCUT2D eigenvalue weighted by atomic mass is 16.5. The van der Waals surface area contributed by atoms with E-state index in [1.165, 1.54) is 21.0 Å². The number of hydrogen-bond donors (Lipinski definition) is 2. The number of methoxy groups -OCH3 is 1. The number of carboxylic acid groups (broad SMARTS) is 1. The maximum Gasteiger partial charge on any atom is 0.328 e. The van der Waals surface area contributed by atoms with Crippen LogP contribution < -0.4 is 5.32 Å². The molecule has 0 aliphatic carbocycles. The zero-order valence-electron chi connectivity index (χ0n) is 8.25. The summed E-state index contributed by atoms with van der Waals surface area (Å²) in [6, 6.07) is 0. The molecule has 5 heteroatoms. The summed E-state index contributed by atoms with van der Waals surface area (Å²) in [4.78, 5) is 21.8. The maximum absolute atomic E-state index is 11.2. The normalized spacial score (nSPS) is 13.5. The molecular weight excluding hydrogens is 174 g/mol. The largest absolute Gasteiger partial charge is 0.480 e. The third kappa shape index (κ3) is 3.42. The van der Waals surface area contributed by atoms with E-state index in [9.17, 15) is 9.59 Å². The average Bonchev–Trinajstić information content (AvgIpc) is 2.01. The van der Waals surface area contributed by atoms with Crippen LogP contribution in [0.3, 0.4) is 0 Å². The molecule has 0 bridgehead atoms. The molecule has 5 nitrogen and oxygen atoms in total. The van der Waals surface area contributed by atoms with Gasteiger partial charge in [0.2, 0.25) is 5.91 Å². The van der Waals surface area contributed by atoms with Crippen LogP contribution >= 0.6 is 0 Å². The van der Waals surface area contributed by atoms with Gasteiger partial charge in [-0.3, -0.25) is 4.79 Å². The van der Waals surface area contributed by atoms with Gasteiger partial charge in [0.1, 0.15) is 11.6 Å². The Morgan fingerprint density at radius 3 is 2.23 bits per heavy atom. The number of carboxylic acids is 1. The van der Waals surface area contributed by atoms with E-state index in [0.29, 0.717) is 0 Å². The van der Waals surface area contributed by atoms with Crippen molar-refractivity contribution in [1.29, 1.82) is 0 Å². The average molecular weight is 189 g/mol. The molecule has 1 unspecified atom stereocenters. The lowest BCUT2D eigenvalue weighted by Gasteiger charge is -2.22. The van der Waals surface area contributed by atoms with Gasteiger partial charge in [-0.1, -0.05) is 0 Å². The summed E-state index contributed by atoms with van der Waals surface area (Å²) in [5.74, 6) is -1.51. The summed E-state index contributed by atoms with van der Waals surface area (Å²) in [5.41, 5.74) is -1.26. The number of nitrogens with one attached hydrogen (secondary N) is 1. The van der Waals surface area contributed by atoms with E-state index < -0.39 is 23.5 Å². The van der Waals surface area contributed by atoms with E-state index in [1.54, 1.807) is 6.92 Å². The quantitative estimate of drug-likeness (QED) is 0.652. The summed E-state index contributed by atoms with van der Waals surface area (Å²) < 4.78 is 4.73. The van der Waals surface area contributed by atoms with Crippen molar-refractivity contribution in [3.8, 4) is 0 Å². The van der Waals surface area contributed by atoms with Gasteiger partial charge >= 0.3 is 5.97 Å². The molecule has 0 aromatic carbocycles. The molecule has 0 aliphatic heterocycles. The van der Waals surface area contributed by atoms with E-state index in [4.69, 9.17) is 9.84 Å². The lowest BCUT2D eigenvalue weighted by Crippen LogP contribution is -2.52. The van der Waals surface area contributed by atoms with Gasteiger partial charge in [0, 0.05) is 7.11 Å². The van der Waals surface area contributed by atoms with E-state index in [1.807, 2.05) is 0 Å². The summed E-state index contributed by atoms with van der Waals surface area (Å²) in [5, 5.41) is 11.0. The third-order valence-electron chi connectivity index (χ3n) is 1.69. The Morgan fingerprint density at radius 2 is 1.92 bits per heavy atom. The van der Waals surface area contributed by atoms with Crippen LogP contribution in [-0.2, 0) is 14.3 Å². The molecule has 1 amide bonds. The van der Waals surface area contributed by atoms with Gasteiger partial charge in [-0.25, -0.2) is 4.79 Å². The summed E-state index contributed by atoms with van der Waals surface area (Å²) in [6.45, 7) is 4.37. The number of amides is 1. The number of hydrogen-bond acceptors (Lipinski definition) is 3. The van der Waals surface area contributed by atoms with Crippen molar-refractivity contribution in [2.75, 3.05) is 7.11 Å². The van der Waals surface area contributed by atoms with Crippen molar-refractivity contribution in [3.63, 3.8) is 0 Å². The Kier molecular flexibility index (Phi) is 3.87. The summed E-state index contributed by atoms with van der Waals surface area (Å²) in [7, 11) is 1.39. The molecule has 76 valence electrons. The predicted molar refractivity (Wildman–Crippen MR) is 46.3 cm³/mol. The Bertz CT molecular complexity index is 212. The summed E-state index contributed by atoms with van der Waals surface area (Å²) >= 11 is 0. The topological polar surface area (TPSA) is 75.6 Å². The lowest BCUT2D eigenvalue weighted by atomic mass is 10.1. The predicted octanol–water partition coefficient (Wildman–Crippen LogP) is 0.000700. The van der Waals surface area contributed by atoms with E-state index in [2.05, 4.69) is 5.32 Å². The Hall–Kier alpha value is -1.10. The molecule has 0 spiro atoms. The molecule has 0 saturated heterocycles. The van der Waals surface area contributed by atoms with Crippen molar-refractivity contribution in [1.82, 2.24) is 5.32 Å². The van der Waals surface area contributed by atoms with Crippen molar-refractivity contribution < 1.29 is 19.4 Å². The van der Waals surface area contributed by atoms with E-state index in [0.717, 1.165) is 0 Å². The fourth-order valence-corrected chi connectivity index (χ4v) is 0.570. The lowest BCUT2D eigenvalue weighted by molar-refractivity contribution is -0.147. The highest BCUT2D eigenvalue weighted by Gasteiger charge is 2.30. The smallest absolute Gasteiger partial charge is 0.328 e. The van der Waals surface area contributed by atoms with Crippen LogP contribution in [0.1, 0.15) is 20.8 Å². The molecule has 0 fully saturated rings. The van der Waals surface area contributed by atoms with Gasteiger partial charge in [0.15, 0.2) is 0 Å². The number of carbonyl (C=O) groups is 2. The molecule has 0 rings (SSSR count). The number of ether oxygens (including phenoxy) is 1. The van der Waals surface area contributed by atoms with Crippen molar-refractivity contribution in [2.45, 2.75) is 32.4 Å². The van der Waals surface area contributed by atoms with Gasteiger partial charge in [0.05, 0.1) is 0 Å². The zero-order chi connectivity index (χ0) is 10.6. The maximum atomic E-state index is 11.2. The number of rotatable bonds is 4. The van der Waals surface area contributed by atoms with Crippen molar-refractivity contribution in [3.05, 3.63) is 0 Å². The van der Waals surface area contributed by atoms with Crippen molar-refractivity contribution >= 4 is 11.9 Å². The highest BCUT2D eigenvalue weighted by molar-refractivity contribution is 5.88. The third-order valence-corrected chi connectivity index (χ3v) is 1.69. The molecule has 0 aliphatic rings. The van der Waals surface area contributed by atoms with Crippen molar-refractivity contribution in [2.24, 2.45) is 0 Å². The molecule has 0 saturated carbocycles. The van der Waals surface area contributed by atoms with Gasteiger partial charge < -0.3 is 15.2 Å². The fraction of sp³-hybridized carbons (Fsp3) is 0.750. The Morgan fingerprint density at radius 1 is 1.46 bits per heavy atom. The minimum Gasteiger partial charge on any atom is -0.480 e.